The Labute approximate surface area is 196 Å². The molecule has 34 heavy (non-hydrogen) atoms. The van der Waals surface area contributed by atoms with Crippen LogP contribution in [0.4, 0.5) is 10.1 Å². The molecular weight excluding hydrogens is 483 g/mol. The maximum atomic E-state index is 14.6. The molecule has 0 saturated heterocycles. The molecule has 0 unspecified atom stereocenters. The molecule has 0 aliphatic rings. The minimum absolute atomic E-state index is 0.0257. The minimum Gasteiger partial charge on any atom is -0.382 e. The number of allylic oxidation sites excluding steroid dienone is 1. The van der Waals surface area contributed by atoms with E-state index in [1.807, 2.05) is 4.72 Å². The third kappa shape index (κ3) is 4.95. The predicted molar refractivity (Wildman–Crippen MR) is 126 cm³/mol. The number of carbonyl (C=O) groups excluding carboxylic acids is 1. The van der Waals surface area contributed by atoms with Crippen LogP contribution in [0.15, 0.2) is 59.1 Å². The fourth-order valence-corrected chi connectivity index (χ4v) is 5.31. The van der Waals surface area contributed by atoms with Crippen LogP contribution in [0.2, 0.25) is 0 Å². The zero-order chi connectivity index (χ0) is 25.4. The lowest BCUT2D eigenvalue weighted by Gasteiger charge is -2.13. The molecule has 12 heteroatoms. The SMILES string of the molecule is Cc1ccc(S(=O)(=O)n2c(C(=O)/C(C#N)=C/N(C)C)cc3cc(F)c(NS(C)(=O)=O)cc32)cc1. The van der Waals surface area contributed by atoms with E-state index in [2.05, 4.69) is 0 Å². The molecule has 0 bridgehead atoms. The number of nitrogens with zero attached hydrogens (tertiary/aromatic N) is 3. The number of nitrogens with one attached hydrogen (secondary N) is 1. The second-order valence-corrected chi connectivity index (χ2v) is 11.4. The molecule has 0 aliphatic carbocycles. The first-order valence-electron chi connectivity index (χ1n) is 9.72. The third-order valence-electron chi connectivity index (χ3n) is 4.69. The number of sulfonamides is 1. The third-order valence-corrected chi connectivity index (χ3v) is 7.02. The largest absolute Gasteiger partial charge is 0.382 e. The summed E-state index contributed by atoms with van der Waals surface area (Å²) in [5.74, 6) is -1.87. The number of carbonyl (C=O) groups is 1. The van der Waals surface area contributed by atoms with Gasteiger partial charge in [-0.25, -0.2) is 25.2 Å². The molecule has 0 aliphatic heterocycles. The number of hydrogen-bond donors (Lipinski definition) is 1. The van der Waals surface area contributed by atoms with Crippen LogP contribution in [0.5, 0.6) is 0 Å². The lowest BCUT2D eigenvalue weighted by molar-refractivity contribution is 0.103. The van der Waals surface area contributed by atoms with E-state index in [0.29, 0.717) is 3.97 Å². The quantitative estimate of drug-likeness (QED) is 0.298. The molecule has 0 radical (unpaired) electrons. The van der Waals surface area contributed by atoms with Crippen LogP contribution in [-0.2, 0) is 20.0 Å². The monoisotopic (exact) mass is 504 g/mol. The van der Waals surface area contributed by atoms with Crippen molar-refractivity contribution in [3.05, 3.63) is 71.3 Å². The standard InChI is InChI=1S/C22H21FN4O5S2/c1-14-5-7-17(8-6-14)34(31,32)27-20-11-19(25-33(4,29)30)18(23)9-15(20)10-21(27)22(28)16(12-24)13-26(2)3/h5-11,13,25H,1-4H3/b16-13+. The molecule has 1 heterocycles. The van der Waals surface area contributed by atoms with Gasteiger partial charge in [0.25, 0.3) is 10.0 Å². The number of rotatable bonds is 7. The van der Waals surface area contributed by atoms with E-state index >= 15 is 0 Å². The highest BCUT2D eigenvalue weighted by atomic mass is 32.2. The molecule has 0 saturated carbocycles. The van der Waals surface area contributed by atoms with Crippen molar-refractivity contribution >= 4 is 42.4 Å². The van der Waals surface area contributed by atoms with Gasteiger partial charge in [0.15, 0.2) is 0 Å². The van der Waals surface area contributed by atoms with Crippen molar-refractivity contribution in [1.29, 1.82) is 5.26 Å². The number of anilines is 1. The summed E-state index contributed by atoms with van der Waals surface area (Å²) in [5.41, 5.74) is -0.574. The Balaban J connectivity index is 2.41. The van der Waals surface area contributed by atoms with Crippen molar-refractivity contribution in [1.82, 2.24) is 8.87 Å². The molecule has 0 amide bonds. The molecule has 1 aromatic heterocycles. The first kappa shape index (κ1) is 24.9. The Morgan fingerprint density at radius 1 is 1.12 bits per heavy atom. The second-order valence-electron chi connectivity index (χ2n) is 7.82. The van der Waals surface area contributed by atoms with Crippen LogP contribution in [0.1, 0.15) is 16.1 Å². The lowest BCUT2D eigenvalue weighted by atomic mass is 10.1. The van der Waals surface area contributed by atoms with Crippen molar-refractivity contribution < 1.29 is 26.0 Å². The number of aryl methyl sites for hydroxylation is 1. The minimum atomic E-state index is -4.41. The van der Waals surface area contributed by atoms with Gasteiger partial charge in [-0.3, -0.25) is 9.52 Å². The number of hydrogen-bond acceptors (Lipinski definition) is 7. The molecule has 0 fully saturated rings. The maximum absolute atomic E-state index is 14.6. The molecule has 3 aromatic rings. The van der Waals surface area contributed by atoms with E-state index < -0.39 is 43.0 Å². The van der Waals surface area contributed by atoms with Crippen molar-refractivity contribution in [2.24, 2.45) is 0 Å². The van der Waals surface area contributed by atoms with Crippen molar-refractivity contribution in [3.8, 4) is 6.07 Å². The number of aromatic nitrogens is 1. The molecule has 9 nitrogen and oxygen atoms in total. The Hall–Kier alpha value is -3.69. The van der Waals surface area contributed by atoms with Gasteiger partial charge in [-0.05, 0) is 37.3 Å². The van der Waals surface area contributed by atoms with E-state index in [-0.39, 0.29) is 21.4 Å². The van der Waals surface area contributed by atoms with Crippen LogP contribution < -0.4 is 4.72 Å². The highest BCUT2D eigenvalue weighted by Gasteiger charge is 2.29. The van der Waals surface area contributed by atoms with E-state index in [1.165, 1.54) is 23.2 Å². The molecule has 3 rings (SSSR count). The molecule has 178 valence electrons. The highest BCUT2D eigenvalue weighted by molar-refractivity contribution is 7.92. The smallest absolute Gasteiger partial charge is 0.268 e. The second kappa shape index (κ2) is 8.92. The number of ketones is 1. The number of Topliss-reactive ketones (excluding diaryl/α,β-unsaturated/α-hetero) is 1. The van der Waals surface area contributed by atoms with Gasteiger partial charge in [0.1, 0.15) is 23.2 Å². The maximum Gasteiger partial charge on any atom is 0.268 e. The Bertz CT molecular complexity index is 1580. The van der Waals surface area contributed by atoms with Gasteiger partial charge in [-0.2, -0.15) is 5.26 Å². The average Bonchev–Trinajstić information content (AvgIpc) is 3.09. The van der Waals surface area contributed by atoms with Gasteiger partial charge in [0.2, 0.25) is 15.8 Å². The topological polar surface area (TPSA) is 129 Å². The summed E-state index contributed by atoms with van der Waals surface area (Å²) in [6.07, 6.45) is 2.05. The summed E-state index contributed by atoms with van der Waals surface area (Å²) >= 11 is 0. The average molecular weight is 505 g/mol. The fourth-order valence-electron chi connectivity index (χ4n) is 3.25. The van der Waals surface area contributed by atoms with Gasteiger partial charge in [-0.15, -0.1) is 0 Å². The molecule has 2 aromatic carbocycles. The van der Waals surface area contributed by atoms with Gasteiger partial charge in [0, 0.05) is 25.7 Å². The number of benzene rings is 2. The lowest BCUT2D eigenvalue weighted by Crippen LogP contribution is -2.20. The summed E-state index contributed by atoms with van der Waals surface area (Å²) < 4.78 is 67.9. The number of halogens is 1. The van der Waals surface area contributed by atoms with E-state index in [4.69, 9.17) is 0 Å². The predicted octanol–water partition coefficient (Wildman–Crippen LogP) is 2.85. The van der Waals surface area contributed by atoms with Crippen LogP contribution in [0.3, 0.4) is 0 Å². The molecule has 1 N–H and O–H groups in total. The summed E-state index contributed by atoms with van der Waals surface area (Å²) in [6, 6.07) is 10.7. The van der Waals surface area contributed by atoms with Gasteiger partial charge >= 0.3 is 0 Å². The van der Waals surface area contributed by atoms with Crippen molar-refractivity contribution in [2.75, 3.05) is 25.1 Å². The van der Waals surface area contributed by atoms with Crippen molar-refractivity contribution in [3.63, 3.8) is 0 Å². The number of nitriles is 1. The van der Waals surface area contributed by atoms with Crippen LogP contribution in [-0.4, -0.2) is 51.8 Å². The normalized spacial score (nSPS) is 12.4. The zero-order valence-electron chi connectivity index (χ0n) is 18.7. The van der Waals surface area contributed by atoms with Crippen LogP contribution in [0, 0.1) is 24.1 Å². The summed E-state index contributed by atoms with van der Waals surface area (Å²) in [6.45, 7) is 1.77. The Morgan fingerprint density at radius 2 is 1.74 bits per heavy atom. The van der Waals surface area contributed by atoms with Crippen LogP contribution in [0.25, 0.3) is 10.9 Å². The highest BCUT2D eigenvalue weighted by Crippen LogP contribution is 2.31. The first-order valence-corrected chi connectivity index (χ1v) is 13.1. The Morgan fingerprint density at radius 3 is 2.26 bits per heavy atom. The first-order chi connectivity index (χ1) is 15.7. The van der Waals surface area contributed by atoms with Gasteiger partial charge in [-0.1, -0.05) is 17.7 Å². The van der Waals surface area contributed by atoms with E-state index in [9.17, 15) is 31.3 Å². The summed E-state index contributed by atoms with van der Waals surface area (Å²) in [5, 5.41) is 9.50. The van der Waals surface area contributed by atoms with E-state index in [1.54, 1.807) is 39.2 Å². The van der Waals surface area contributed by atoms with E-state index in [0.717, 1.165) is 30.0 Å². The molecule has 0 spiro atoms. The fraction of sp³-hybridized carbons (Fsp3) is 0.182. The molecular formula is C22H21FN4O5S2. The Kier molecular flexibility index (Phi) is 6.55. The number of fused-ring (bicyclic) bond motifs is 1. The van der Waals surface area contributed by atoms with Crippen molar-refractivity contribution in [2.45, 2.75) is 11.8 Å². The van der Waals surface area contributed by atoms with Gasteiger partial charge < -0.3 is 4.90 Å². The molecule has 0 atom stereocenters. The van der Waals surface area contributed by atoms with Crippen LogP contribution >= 0.6 is 0 Å². The summed E-state index contributed by atoms with van der Waals surface area (Å²) in [4.78, 5) is 14.5. The summed E-state index contributed by atoms with van der Waals surface area (Å²) in [7, 11) is -5.13. The van der Waals surface area contributed by atoms with Gasteiger partial charge in [0.05, 0.1) is 22.4 Å². The zero-order valence-corrected chi connectivity index (χ0v) is 20.3.